The quantitative estimate of drug-likeness (QED) is 0.321. The molecule has 0 aliphatic heterocycles. The summed E-state index contributed by atoms with van der Waals surface area (Å²) in [5.74, 6) is -0.169. The number of nitro groups is 1. The zero-order chi connectivity index (χ0) is 21.8. The van der Waals surface area contributed by atoms with Gasteiger partial charge in [-0.05, 0) is 37.6 Å². The Morgan fingerprint density at radius 3 is 2.57 bits per heavy atom. The number of hydrogen-bond donors (Lipinski definition) is 0. The Morgan fingerprint density at radius 1 is 1.20 bits per heavy atom. The van der Waals surface area contributed by atoms with Crippen molar-refractivity contribution >= 4 is 17.2 Å². The first-order valence-corrected chi connectivity index (χ1v) is 9.52. The number of likely N-dealkylation sites (N-methyl/N-ethyl adjacent to an activating group) is 1. The topological polar surface area (TPSA) is 90.5 Å². The summed E-state index contributed by atoms with van der Waals surface area (Å²) in [4.78, 5) is 26.2. The van der Waals surface area contributed by atoms with E-state index in [9.17, 15) is 14.9 Å². The van der Waals surface area contributed by atoms with Gasteiger partial charge in [-0.25, -0.2) is 4.68 Å². The van der Waals surface area contributed by atoms with Crippen molar-refractivity contribution in [2.24, 2.45) is 7.05 Å². The molecule has 30 heavy (non-hydrogen) atoms. The smallest absolute Gasteiger partial charge is 0.280 e. The third-order valence-electron chi connectivity index (χ3n) is 4.85. The van der Waals surface area contributed by atoms with Crippen LogP contribution in [0.15, 0.2) is 48.5 Å². The number of para-hydroxylation sites is 1. The second-order valence-corrected chi connectivity index (χ2v) is 7.10. The number of nitro benzene ring substituents is 1. The van der Waals surface area contributed by atoms with Crippen molar-refractivity contribution in [1.82, 2.24) is 9.78 Å². The lowest BCUT2D eigenvalue weighted by atomic mass is 10.00. The summed E-state index contributed by atoms with van der Waals surface area (Å²) in [6.45, 7) is 4.39. The molecule has 0 spiro atoms. The van der Waals surface area contributed by atoms with Crippen LogP contribution in [0.2, 0.25) is 0 Å². The molecular weight excluding hydrogens is 384 g/mol. The number of aryl methyl sites for hydroxylation is 3. The first-order chi connectivity index (χ1) is 14.3. The Balaban J connectivity index is 1.85. The summed E-state index contributed by atoms with van der Waals surface area (Å²) in [6.07, 6.45) is 0. The van der Waals surface area contributed by atoms with Gasteiger partial charge in [0.15, 0.2) is 0 Å². The van der Waals surface area contributed by atoms with Crippen molar-refractivity contribution in [1.29, 1.82) is 0 Å². The van der Waals surface area contributed by atoms with Crippen LogP contribution < -0.4 is 9.64 Å². The number of nitrogens with zero attached hydrogens (tertiary/aromatic N) is 4. The van der Waals surface area contributed by atoms with Gasteiger partial charge in [0.2, 0.25) is 11.7 Å². The van der Waals surface area contributed by atoms with E-state index in [1.807, 2.05) is 42.3 Å². The van der Waals surface area contributed by atoms with E-state index in [2.05, 4.69) is 5.10 Å². The molecule has 0 amide bonds. The molecule has 0 saturated carbocycles. The largest absolute Gasteiger partial charge is 0.475 e. The van der Waals surface area contributed by atoms with E-state index < -0.39 is 10.7 Å². The van der Waals surface area contributed by atoms with Gasteiger partial charge in [-0.3, -0.25) is 14.9 Å². The highest BCUT2D eigenvalue weighted by molar-refractivity contribution is 6.13. The second kappa shape index (κ2) is 8.77. The van der Waals surface area contributed by atoms with E-state index in [0.29, 0.717) is 24.7 Å². The van der Waals surface area contributed by atoms with Gasteiger partial charge in [0.25, 0.3) is 5.69 Å². The van der Waals surface area contributed by atoms with Crippen molar-refractivity contribution < 1.29 is 14.5 Å². The van der Waals surface area contributed by atoms with Crippen molar-refractivity contribution in [3.8, 4) is 5.88 Å². The molecule has 156 valence electrons. The lowest BCUT2D eigenvalue weighted by Crippen LogP contribution is -2.24. The van der Waals surface area contributed by atoms with Gasteiger partial charge in [0.05, 0.1) is 17.2 Å². The molecule has 0 bridgehead atoms. The summed E-state index contributed by atoms with van der Waals surface area (Å²) < 4.78 is 7.42. The van der Waals surface area contributed by atoms with Crippen molar-refractivity contribution in [3.05, 3.63) is 81.0 Å². The molecule has 8 nitrogen and oxygen atoms in total. The van der Waals surface area contributed by atoms with E-state index in [1.165, 1.54) is 16.8 Å². The van der Waals surface area contributed by atoms with Crippen molar-refractivity contribution in [2.75, 3.05) is 25.1 Å². The number of carbonyl (C=O) groups is 1. The Bertz CT molecular complexity index is 1080. The maximum atomic E-state index is 13.2. The first kappa shape index (κ1) is 21.0. The van der Waals surface area contributed by atoms with Crippen LogP contribution in [0.25, 0.3) is 0 Å². The lowest BCUT2D eigenvalue weighted by Gasteiger charge is -2.19. The van der Waals surface area contributed by atoms with Crippen LogP contribution in [0.4, 0.5) is 11.4 Å². The van der Waals surface area contributed by atoms with Crippen LogP contribution in [0.1, 0.15) is 27.2 Å². The Morgan fingerprint density at radius 2 is 1.90 bits per heavy atom. The summed E-state index contributed by atoms with van der Waals surface area (Å²) in [5.41, 5.74) is 2.32. The molecule has 8 heteroatoms. The van der Waals surface area contributed by atoms with Crippen molar-refractivity contribution in [3.63, 3.8) is 0 Å². The molecule has 0 unspecified atom stereocenters. The molecule has 0 atom stereocenters. The average Bonchev–Trinajstić information content (AvgIpc) is 3.00. The molecule has 1 heterocycles. The second-order valence-electron chi connectivity index (χ2n) is 7.10. The molecule has 3 aromatic rings. The third-order valence-corrected chi connectivity index (χ3v) is 4.85. The molecule has 2 aromatic carbocycles. The van der Waals surface area contributed by atoms with E-state index in [-0.39, 0.29) is 16.8 Å². The summed E-state index contributed by atoms with van der Waals surface area (Å²) in [5, 5.41) is 15.7. The SMILES string of the molecule is Cc1ccc([N+](=O)[O-])c(C(=O)c2c(C)nn(C)c2OCCN(C)c2ccccc2)c1. The molecular formula is C22H24N4O4. The number of benzene rings is 2. The lowest BCUT2D eigenvalue weighted by molar-refractivity contribution is -0.385. The summed E-state index contributed by atoms with van der Waals surface area (Å²) >= 11 is 0. The standard InChI is InChI=1S/C22H24N4O4/c1-15-10-11-19(26(28)29)18(14-15)21(27)20-16(2)23-25(4)22(20)30-13-12-24(3)17-8-6-5-7-9-17/h5-11,14H,12-13H2,1-4H3. The Hall–Kier alpha value is -3.68. The first-order valence-electron chi connectivity index (χ1n) is 9.52. The average molecular weight is 408 g/mol. The highest BCUT2D eigenvalue weighted by Crippen LogP contribution is 2.29. The minimum absolute atomic E-state index is 0.0300. The number of carbonyl (C=O) groups excluding carboxylic acids is 1. The van der Waals surface area contributed by atoms with Gasteiger partial charge in [-0.1, -0.05) is 24.3 Å². The highest BCUT2D eigenvalue weighted by atomic mass is 16.6. The van der Waals surface area contributed by atoms with Gasteiger partial charge >= 0.3 is 0 Å². The molecule has 3 rings (SSSR count). The van der Waals surface area contributed by atoms with Crippen LogP contribution >= 0.6 is 0 Å². The molecule has 0 saturated heterocycles. The van der Waals surface area contributed by atoms with Gasteiger partial charge in [0.1, 0.15) is 17.7 Å². The van der Waals surface area contributed by atoms with Gasteiger partial charge in [0, 0.05) is 25.8 Å². The number of ether oxygens (including phenoxy) is 1. The third kappa shape index (κ3) is 4.32. The normalized spacial score (nSPS) is 10.7. The number of hydrogen-bond acceptors (Lipinski definition) is 6. The minimum Gasteiger partial charge on any atom is -0.475 e. The molecule has 0 radical (unpaired) electrons. The van der Waals surface area contributed by atoms with Crippen LogP contribution in [0.3, 0.4) is 0 Å². The fourth-order valence-corrected chi connectivity index (χ4v) is 3.28. The van der Waals surface area contributed by atoms with Gasteiger partial charge in [-0.2, -0.15) is 5.10 Å². The molecule has 0 fully saturated rings. The zero-order valence-electron chi connectivity index (χ0n) is 17.5. The Kier molecular flexibility index (Phi) is 6.15. The predicted octanol–water partition coefficient (Wildman–Crippen LogP) is 3.69. The minimum atomic E-state index is -0.548. The van der Waals surface area contributed by atoms with Crippen LogP contribution in [0, 0.1) is 24.0 Å². The fraction of sp³-hybridized carbons (Fsp3) is 0.273. The molecule has 0 aliphatic rings. The Labute approximate surface area is 174 Å². The van der Waals surface area contributed by atoms with Crippen LogP contribution in [-0.2, 0) is 7.05 Å². The number of rotatable bonds is 8. The van der Waals surface area contributed by atoms with E-state index in [1.54, 1.807) is 27.0 Å². The number of aromatic nitrogens is 2. The van der Waals surface area contributed by atoms with Crippen molar-refractivity contribution in [2.45, 2.75) is 13.8 Å². The highest BCUT2D eigenvalue weighted by Gasteiger charge is 2.28. The fourth-order valence-electron chi connectivity index (χ4n) is 3.28. The van der Waals surface area contributed by atoms with E-state index in [0.717, 1.165) is 11.3 Å². The summed E-state index contributed by atoms with van der Waals surface area (Å²) in [7, 11) is 3.64. The van der Waals surface area contributed by atoms with E-state index in [4.69, 9.17) is 4.74 Å². The predicted molar refractivity (Wildman–Crippen MR) is 114 cm³/mol. The molecule has 0 aliphatic carbocycles. The van der Waals surface area contributed by atoms with Crippen LogP contribution in [0.5, 0.6) is 5.88 Å². The van der Waals surface area contributed by atoms with Gasteiger partial charge < -0.3 is 9.64 Å². The maximum absolute atomic E-state index is 13.2. The van der Waals surface area contributed by atoms with E-state index >= 15 is 0 Å². The molecule has 0 N–H and O–H groups in total. The number of ketones is 1. The monoisotopic (exact) mass is 408 g/mol. The van der Waals surface area contributed by atoms with Gasteiger partial charge in [-0.15, -0.1) is 0 Å². The maximum Gasteiger partial charge on any atom is 0.280 e. The van der Waals surface area contributed by atoms with Crippen LogP contribution in [-0.4, -0.2) is 40.7 Å². The summed E-state index contributed by atoms with van der Waals surface area (Å²) in [6, 6.07) is 14.4. The number of anilines is 1. The zero-order valence-corrected chi connectivity index (χ0v) is 17.5. The molecule has 1 aromatic heterocycles.